The zero-order valence-electron chi connectivity index (χ0n) is 13.3. The van der Waals surface area contributed by atoms with Gasteiger partial charge in [0.1, 0.15) is 5.92 Å². The van der Waals surface area contributed by atoms with Crippen LogP contribution in [-0.2, 0) is 9.59 Å². The average molecular weight is 340 g/mol. The highest BCUT2D eigenvalue weighted by molar-refractivity contribution is 8.03. The van der Waals surface area contributed by atoms with Crippen molar-refractivity contribution in [1.82, 2.24) is 5.32 Å². The largest absolute Gasteiger partial charge is 0.325 e. The van der Waals surface area contributed by atoms with E-state index >= 15 is 0 Å². The molecule has 0 spiro atoms. The summed E-state index contributed by atoms with van der Waals surface area (Å²) in [7, 11) is 0. The maximum atomic E-state index is 12.1. The monoisotopic (exact) mass is 340 g/mol. The molecular formula is C17H16N4O2S. The van der Waals surface area contributed by atoms with Gasteiger partial charge in [0, 0.05) is 11.1 Å². The predicted molar refractivity (Wildman–Crippen MR) is 91.2 cm³/mol. The molecule has 1 aromatic rings. The van der Waals surface area contributed by atoms with Crippen LogP contribution < -0.4 is 10.6 Å². The number of nitriles is 2. The number of thioether (sulfide) groups is 1. The maximum absolute atomic E-state index is 12.1. The molecule has 2 rings (SSSR count). The second-order valence-electron chi connectivity index (χ2n) is 5.79. The van der Waals surface area contributed by atoms with Crippen LogP contribution in [0.3, 0.4) is 0 Å². The Bertz CT molecular complexity index is 772. The number of allylic oxidation sites excluding steroid dienone is 1. The molecule has 0 unspecified atom stereocenters. The van der Waals surface area contributed by atoms with Crippen molar-refractivity contribution in [3.8, 4) is 12.1 Å². The van der Waals surface area contributed by atoms with Crippen LogP contribution in [0.2, 0.25) is 0 Å². The summed E-state index contributed by atoms with van der Waals surface area (Å²) in [5, 5.41) is 24.2. The molecule has 0 fully saturated rings. The van der Waals surface area contributed by atoms with E-state index in [1.165, 1.54) is 0 Å². The third-order valence-electron chi connectivity index (χ3n) is 3.74. The van der Waals surface area contributed by atoms with Gasteiger partial charge in [-0.2, -0.15) is 10.5 Å². The second-order valence-corrected chi connectivity index (χ2v) is 6.78. The molecule has 2 N–H and O–H groups in total. The Morgan fingerprint density at radius 3 is 2.58 bits per heavy atom. The molecule has 0 aromatic heterocycles. The number of rotatable bonds is 4. The van der Waals surface area contributed by atoms with Crippen molar-refractivity contribution >= 4 is 29.3 Å². The first-order valence-corrected chi connectivity index (χ1v) is 8.21. The minimum atomic E-state index is -0.936. The Hall–Kier alpha value is -2.77. The van der Waals surface area contributed by atoms with Gasteiger partial charge in [0.2, 0.25) is 11.8 Å². The zero-order chi connectivity index (χ0) is 17.7. The molecule has 0 bridgehead atoms. The zero-order valence-corrected chi connectivity index (χ0v) is 14.1. The lowest BCUT2D eigenvalue weighted by Gasteiger charge is -2.34. The average Bonchev–Trinajstić information content (AvgIpc) is 2.53. The standard InChI is InChI=1S/C17H16N4O2S/c1-17(2)12(8-18)15(23)21-16(13(17)9-19)24-10-14(22)20-11-6-4-3-5-7-11/h3-7,12H,10H2,1-2H3,(H,20,22)(H,21,23)/t12-/m0/s1. The fraction of sp³-hybridized carbons (Fsp3) is 0.294. The highest BCUT2D eigenvalue weighted by Gasteiger charge is 2.44. The number of carbonyl (C=O) groups is 2. The van der Waals surface area contributed by atoms with Gasteiger partial charge in [-0.05, 0) is 12.1 Å². The van der Waals surface area contributed by atoms with E-state index in [1.54, 1.807) is 26.0 Å². The molecule has 1 aliphatic rings. The molecule has 122 valence electrons. The number of carbonyl (C=O) groups excluding carboxylic acids is 2. The van der Waals surface area contributed by atoms with Crippen LogP contribution in [0.25, 0.3) is 0 Å². The lowest BCUT2D eigenvalue weighted by atomic mass is 9.72. The summed E-state index contributed by atoms with van der Waals surface area (Å²) < 4.78 is 0. The molecule has 24 heavy (non-hydrogen) atoms. The van der Waals surface area contributed by atoms with Crippen molar-refractivity contribution in [2.75, 3.05) is 11.1 Å². The van der Waals surface area contributed by atoms with Gasteiger partial charge in [0.25, 0.3) is 0 Å². The smallest absolute Gasteiger partial charge is 0.243 e. The van der Waals surface area contributed by atoms with Gasteiger partial charge in [0.05, 0.1) is 28.5 Å². The van der Waals surface area contributed by atoms with E-state index in [0.29, 0.717) is 16.3 Å². The third kappa shape index (κ3) is 3.58. The van der Waals surface area contributed by atoms with Crippen LogP contribution in [0.5, 0.6) is 0 Å². The van der Waals surface area contributed by atoms with Crippen LogP contribution >= 0.6 is 11.8 Å². The summed E-state index contributed by atoms with van der Waals surface area (Å²) in [5.41, 5.74) is 0.0886. The maximum Gasteiger partial charge on any atom is 0.243 e. The second kappa shape index (κ2) is 7.20. The number of amides is 2. The van der Waals surface area contributed by atoms with E-state index in [1.807, 2.05) is 24.3 Å². The fourth-order valence-electron chi connectivity index (χ4n) is 2.39. The molecule has 0 saturated carbocycles. The van der Waals surface area contributed by atoms with Crippen LogP contribution in [0.15, 0.2) is 40.9 Å². The lowest BCUT2D eigenvalue weighted by molar-refractivity contribution is -0.125. The first kappa shape index (κ1) is 17.6. The van der Waals surface area contributed by atoms with E-state index in [2.05, 4.69) is 16.7 Å². The minimum Gasteiger partial charge on any atom is -0.325 e. The van der Waals surface area contributed by atoms with Gasteiger partial charge in [-0.3, -0.25) is 9.59 Å². The molecule has 6 nitrogen and oxygen atoms in total. The van der Waals surface area contributed by atoms with Crippen molar-refractivity contribution in [2.45, 2.75) is 13.8 Å². The number of hydrogen-bond acceptors (Lipinski definition) is 5. The number of nitrogens with zero attached hydrogens (tertiary/aromatic N) is 2. The summed E-state index contributed by atoms with van der Waals surface area (Å²) in [6.45, 7) is 3.37. The lowest BCUT2D eigenvalue weighted by Crippen LogP contribution is -2.44. The Balaban J connectivity index is 2.12. The normalized spacial score (nSPS) is 19.0. The topological polar surface area (TPSA) is 106 Å². The van der Waals surface area contributed by atoms with Gasteiger partial charge in [0.15, 0.2) is 0 Å². The molecule has 2 amide bonds. The molecule has 7 heteroatoms. The molecule has 1 aliphatic heterocycles. The first-order valence-electron chi connectivity index (χ1n) is 7.23. The number of anilines is 1. The number of benzene rings is 1. The number of para-hydroxylation sites is 1. The molecule has 1 atom stereocenters. The number of nitrogens with one attached hydrogen (secondary N) is 2. The van der Waals surface area contributed by atoms with Crippen LogP contribution in [0.4, 0.5) is 5.69 Å². The van der Waals surface area contributed by atoms with E-state index in [0.717, 1.165) is 11.8 Å². The van der Waals surface area contributed by atoms with Crippen molar-refractivity contribution < 1.29 is 9.59 Å². The predicted octanol–water partition coefficient (Wildman–Crippen LogP) is 2.39. The SMILES string of the molecule is CC1(C)C(C#N)=C(SCC(=O)Nc2ccccc2)NC(=O)[C@@H]1C#N. The summed E-state index contributed by atoms with van der Waals surface area (Å²) in [6, 6.07) is 13.0. The van der Waals surface area contributed by atoms with E-state index in [4.69, 9.17) is 5.26 Å². The Morgan fingerprint density at radius 2 is 2.00 bits per heavy atom. The summed E-state index contributed by atoms with van der Waals surface area (Å²) >= 11 is 1.08. The molecule has 1 aromatic carbocycles. The number of hydrogen-bond donors (Lipinski definition) is 2. The van der Waals surface area contributed by atoms with Crippen LogP contribution in [-0.4, -0.2) is 17.6 Å². The highest BCUT2D eigenvalue weighted by Crippen LogP contribution is 2.41. The van der Waals surface area contributed by atoms with Crippen molar-refractivity contribution in [3.63, 3.8) is 0 Å². The van der Waals surface area contributed by atoms with Gasteiger partial charge in [-0.1, -0.05) is 43.8 Å². The molecular weight excluding hydrogens is 324 g/mol. The van der Waals surface area contributed by atoms with Crippen molar-refractivity contribution in [3.05, 3.63) is 40.9 Å². The van der Waals surface area contributed by atoms with Gasteiger partial charge in [-0.25, -0.2) is 0 Å². The summed E-state index contributed by atoms with van der Waals surface area (Å²) in [6.07, 6.45) is 0. The summed E-state index contributed by atoms with van der Waals surface area (Å²) in [4.78, 5) is 24.1. The van der Waals surface area contributed by atoms with E-state index < -0.39 is 17.2 Å². The quantitative estimate of drug-likeness (QED) is 0.875. The van der Waals surface area contributed by atoms with Gasteiger partial charge >= 0.3 is 0 Å². The highest BCUT2D eigenvalue weighted by atomic mass is 32.2. The molecule has 0 saturated heterocycles. The molecule has 1 heterocycles. The Labute approximate surface area is 144 Å². The Kier molecular flexibility index (Phi) is 5.28. The molecule has 0 radical (unpaired) electrons. The summed E-state index contributed by atoms with van der Waals surface area (Å²) in [5.74, 6) is -1.59. The van der Waals surface area contributed by atoms with E-state index in [-0.39, 0.29) is 11.7 Å². The van der Waals surface area contributed by atoms with Gasteiger partial charge < -0.3 is 10.6 Å². The van der Waals surface area contributed by atoms with Crippen LogP contribution in [0.1, 0.15) is 13.8 Å². The van der Waals surface area contributed by atoms with Gasteiger partial charge in [-0.15, -0.1) is 0 Å². The van der Waals surface area contributed by atoms with Crippen molar-refractivity contribution in [2.24, 2.45) is 11.3 Å². The fourth-order valence-corrected chi connectivity index (χ4v) is 3.36. The first-order chi connectivity index (χ1) is 11.4. The van der Waals surface area contributed by atoms with Crippen LogP contribution in [0, 0.1) is 34.0 Å². The Morgan fingerprint density at radius 1 is 1.33 bits per heavy atom. The van der Waals surface area contributed by atoms with Crippen molar-refractivity contribution in [1.29, 1.82) is 10.5 Å². The third-order valence-corrected chi connectivity index (χ3v) is 4.74. The molecule has 0 aliphatic carbocycles. The minimum absolute atomic E-state index is 0.0446. The van der Waals surface area contributed by atoms with E-state index in [9.17, 15) is 14.9 Å².